The van der Waals surface area contributed by atoms with Crippen LogP contribution in [0, 0.1) is 5.92 Å². The number of allylic oxidation sites excluding steroid dienone is 4. The minimum atomic E-state index is -0.968. The summed E-state index contributed by atoms with van der Waals surface area (Å²) in [7, 11) is 4.62. The van der Waals surface area contributed by atoms with Crippen LogP contribution in [0.3, 0.4) is 0 Å². The molecule has 0 radical (unpaired) electrons. The highest BCUT2D eigenvalue weighted by molar-refractivity contribution is 7.28. The second-order valence-corrected chi connectivity index (χ2v) is 9.39. The van der Waals surface area contributed by atoms with E-state index in [1.54, 1.807) is 23.9 Å². The first-order chi connectivity index (χ1) is 15.7. The Balaban J connectivity index is 1.72. The number of nitrogens with one attached hydrogen (secondary N) is 1. The van der Waals surface area contributed by atoms with Crippen LogP contribution in [0.2, 0.25) is 0 Å². The quantitative estimate of drug-likeness (QED) is 0.427. The van der Waals surface area contributed by atoms with Crippen molar-refractivity contribution in [1.82, 2.24) is 9.55 Å². The van der Waals surface area contributed by atoms with Crippen molar-refractivity contribution < 1.29 is 9.84 Å². The van der Waals surface area contributed by atoms with Gasteiger partial charge in [-0.1, -0.05) is 44.2 Å². The van der Waals surface area contributed by atoms with Crippen molar-refractivity contribution >= 4 is 42.5 Å². The molecule has 2 N–H and O–H groups in total. The van der Waals surface area contributed by atoms with Crippen LogP contribution in [0.15, 0.2) is 59.6 Å². The molecule has 0 aliphatic carbocycles. The molecule has 6 nitrogen and oxygen atoms in total. The topological polar surface area (TPSA) is 76.4 Å². The number of hydrogen-bond acceptors (Lipinski definition) is 5. The minimum absolute atomic E-state index is 0.137. The standard InChI is InChI=1S/C26H30N3O3P/c1-5-17(7-6-16(2)3)19-9-10-22-20(24(19)33)12-21(25(30)29(22)4)28-23-11-8-18(13-27-23)26(31)14-32-15-26/h5-13,16,31H,14-15,33H2,1-4H3,(H,27,28)/b7-6-,17-5+. The number of pyridine rings is 2. The third-order valence-corrected chi connectivity index (χ3v) is 6.60. The molecule has 3 heterocycles. The van der Waals surface area contributed by atoms with Gasteiger partial charge in [0, 0.05) is 24.2 Å². The van der Waals surface area contributed by atoms with Crippen LogP contribution in [-0.2, 0) is 17.4 Å². The second-order valence-electron chi connectivity index (χ2n) is 8.81. The lowest BCUT2D eigenvalue weighted by Crippen LogP contribution is -2.46. The molecule has 3 aromatic rings. The maximum Gasteiger partial charge on any atom is 0.274 e. The molecule has 1 fully saturated rings. The Morgan fingerprint density at radius 3 is 2.64 bits per heavy atom. The van der Waals surface area contributed by atoms with Gasteiger partial charge in [0.05, 0.1) is 18.7 Å². The molecule has 7 heteroatoms. The number of nitrogens with zero attached hydrogens (tertiary/aromatic N) is 2. The Kier molecular flexibility index (Phi) is 6.53. The first-order valence-corrected chi connectivity index (χ1v) is 11.6. The van der Waals surface area contributed by atoms with E-state index in [1.165, 1.54) is 0 Å². The van der Waals surface area contributed by atoms with Gasteiger partial charge in [0.25, 0.3) is 5.56 Å². The van der Waals surface area contributed by atoms with E-state index in [9.17, 15) is 9.90 Å². The number of rotatable bonds is 6. The molecule has 1 aromatic carbocycles. The number of fused-ring (bicyclic) bond motifs is 1. The Labute approximate surface area is 196 Å². The second kappa shape index (κ2) is 9.22. The summed E-state index contributed by atoms with van der Waals surface area (Å²) in [5, 5.41) is 15.6. The molecule has 1 saturated heterocycles. The smallest absolute Gasteiger partial charge is 0.274 e. The van der Waals surface area contributed by atoms with E-state index in [4.69, 9.17) is 4.74 Å². The molecule has 0 amide bonds. The van der Waals surface area contributed by atoms with Crippen LogP contribution in [0.1, 0.15) is 31.9 Å². The summed E-state index contributed by atoms with van der Waals surface area (Å²) in [4.78, 5) is 17.4. The number of anilines is 2. The monoisotopic (exact) mass is 463 g/mol. The number of aromatic nitrogens is 2. The van der Waals surface area contributed by atoms with E-state index < -0.39 is 5.60 Å². The van der Waals surface area contributed by atoms with Crippen LogP contribution < -0.4 is 16.2 Å². The maximum atomic E-state index is 13.0. The van der Waals surface area contributed by atoms with Gasteiger partial charge in [-0.05, 0) is 47.5 Å². The van der Waals surface area contributed by atoms with Crippen molar-refractivity contribution in [2.75, 3.05) is 18.5 Å². The van der Waals surface area contributed by atoms with Crippen LogP contribution in [0.5, 0.6) is 0 Å². The van der Waals surface area contributed by atoms with Crippen molar-refractivity contribution in [3.8, 4) is 0 Å². The van der Waals surface area contributed by atoms with Gasteiger partial charge in [0.1, 0.15) is 17.1 Å². The van der Waals surface area contributed by atoms with Gasteiger partial charge >= 0.3 is 0 Å². The predicted octanol–water partition coefficient (Wildman–Crippen LogP) is 4.01. The number of hydrogen-bond donors (Lipinski definition) is 2. The first-order valence-electron chi connectivity index (χ1n) is 11.0. The zero-order valence-electron chi connectivity index (χ0n) is 19.4. The lowest BCUT2D eigenvalue weighted by molar-refractivity contribution is -0.184. The van der Waals surface area contributed by atoms with Gasteiger partial charge in [-0.3, -0.25) is 4.79 Å². The highest BCUT2D eigenvalue weighted by atomic mass is 31.0. The summed E-state index contributed by atoms with van der Waals surface area (Å²) < 4.78 is 6.76. The molecule has 33 heavy (non-hydrogen) atoms. The maximum absolute atomic E-state index is 13.0. The van der Waals surface area contributed by atoms with E-state index in [0.717, 1.165) is 27.3 Å². The molecule has 1 unspecified atom stereocenters. The summed E-state index contributed by atoms with van der Waals surface area (Å²) >= 11 is 0. The zero-order chi connectivity index (χ0) is 23.8. The molecule has 0 saturated carbocycles. The molecular formula is C26H30N3O3P. The van der Waals surface area contributed by atoms with Crippen LogP contribution in [0.25, 0.3) is 16.5 Å². The van der Waals surface area contributed by atoms with Crippen molar-refractivity contribution in [2.45, 2.75) is 26.4 Å². The summed E-state index contributed by atoms with van der Waals surface area (Å²) in [6.07, 6.45) is 8.04. The van der Waals surface area contributed by atoms with Crippen molar-refractivity contribution in [3.63, 3.8) is 0 Å². The van der Waals surface area contributed by atoms with E-state index >= 15 is 0 Å². The third kappa shape index (κ3) is 4.51. The highest BCUT2D eigenvalue weighted by Gasteiger charge is 2.38. The van der Waals surface area contributed by atoms with Gasteiger partial charge in [0.2, 0.25) is 0 Å². The average Bonchev–Trinajstić information content (AvgIpc) is 2.78. The number of aryl methyl sites for hydroxylation is 1. The molecule has 4 rings (SSSR count). The predicted molar refractivity (Wildman–Crippen MR) is 138 cm³/mol. The van der Waals surface area contributed by atoms with Crippen LogP contribution >= 0.6 is 9.24 Å². The molecule has 0 bridgehead atoms. The number of ether oxygens (including phenoxy) is 1. The van der Waals surface area contributed by atoms with Crippen LogP contribution in [0.4, 0.5) is 11.5 Å². The molecule has 0 spiro atoms. The molecular weight excluding hydrogens is 433 g/mol. The van der Waals surface area contributed by atoms with E-state index in [1.807, 2.05) is 25.1 Å². The lowest BCUT2D eigenvalue weighted by Gasteiger charge is -2.36. The van der Waals surface area contributed by atoms with E-state index in [0.29, 0.717) is 23.0 Å². The fraction of sp³-hybridized carbons (Fsp3) is 0.308. The van der Waals surface area contributed by atoms with Gasteiger partial charge in [0.15, 0.2) is 0 Å². The normalized spacial score (nSPS) is 15.9. The summed E-state index contributed by atoms with van der Waals surface area (Å²) in [5.41, 5.74) is 3.14. The largest absolute Gasteiger partial charge is 0.380 e. The lowest BCUT2D eigenvalue weighted by atomic mass is 9.94. The van der Waals surface area contributed by atoms with Gasteiger partial charge in [-0.25, -0.2) is 4.98 Å². The molecule has 2 aromatic heterocycles. The Morgan fingerprint density at radius 1 is 1.30 bits per heavy atom. The summed E-state index contributed by atoms with van der Waals surface area (Å²) in [5.74, 6) is 0.996. The third-order valence-electron chi connectivity index (χ3n) is 5.98. The molecule has 1 aliphatic rings. The number of aliphatic hydroxyl groups is 1. The fourth-order valence-electron chi connectivity index (χ4n) is 3.89. The summed E-state index contributed by atoms with van der Waals surface area (Å²) in [6.45, 7) is 6.88. The van der Waals surface area contributed by atoms with Gasteiger partial charge in [-0.2, -0.15) is 0 Å². The molecule has 172 valence electrons. The Bertz CT molecular complexity index is 1300. The first kappa shape index (κ1) is 23.4. The highest BCUT2D eigenvalue weighted by Crippen LogP contribution is 2.29. The van der Waals surface area contributed by atoms with Gasteiger partial charge < -0.3 is 19.7 Å². The zero-order valence-corrected chi connectivity index (χ0v) is 20.6. The van der Waals surface area contributed by atoms with Crippen LogP contribution in [-0.4, -0.2) is 27.9 Å². The fourth-order valence-corrected chi connectivity index (χ4v) is 4.38. The Morgan fingerprint density at radius 2 is 2.06 bits per heavy atom. The van der Waals surface area contributed by atoms with E-state index in [-0.39, 0.29) is 18.8 Å². The molecule has 1 atom stereocenters. The van der Waals surface area contributed by atoms with E-state index in [2.05, 4.69) is 57.7 Å². The molecule has 1 aliphatic heterocycles. The number of benzene rings is 1. The van der Waals surface area contributed by atoms with Gasteiger partial charge in [-0.15, -0.1) is 9.24 Å². The minimum Gasteiger partial charge on any atom is -0.380 e. The van der Waals surface area contributed by atoms with Crippen molar-refractivity contribution in [3.05, 3.63) is 76.2 Å². The summed E-state index contributed by atoms with van der Waals surface area (Å²) in [6, 6.07) is 9.51. The average molecular weight is 464 g/mol. The van der Waals surface area contributed by atoms with Crippen molar-refractivity contribution in [2.24, 2.45) is 13.0 Å². The van der Waals surface area contributed by atoms with Crippen molar-refractivity contribution in [1.29, 1.82) is 0 Å². The SMILES string of the molecule is C/C=C(\C=C/C(C)C)c1ccc2c(cc(Nc3ccc(C4(O)COC4)cn3)c(=O)n2C)c1P. The Hall–Kier alpha value is -2.79.